The van der Waals surface area contributed by atoms with Crippen molar-refractivity contribution in [1.82, 2.24) is 9.80 Å². The zero-order valence-corrected chi connectivity index (χ0v) is 19.6. The maximum absolute atomic E-state index is 13.0. The third kappa shape index (κ3) is 5.43. The summed E-state index contributed by atoms with van der Waals surface area (Å²) in [5.74, 6) is 0.822. The molecule has 1 aromatic rings. The molecule has 0 spiro atoms. The summed E-state index contributed by atoms with van der Waals surface area (Å²) in [5, 5.41) is 0. The van der Waals surface area contributed by atoms with E-state index in [-0.39, 0.29) is 42.5 Å². The first-order valence-corrected chi connectivity index (χ1v) is 12.0. The Bertz CT molecular complexity index is 801. The van der Waals surface area contributed by atoms with Crippen molar-refractivity contribution in [2.45, 2.75) is 65.8 Å². The summed E-state index contributed by atoms with van der Waals surface area (Å²) in [6.45, 7) is 8.20. The number of imide groups is 1. The first-order valence-electron chi connectivity index (χ1n) is 12.0. The highest BCUT2D eigenvalue weighted by atomic mass is 16.5. The summed E-state index contributed by atoms with van der Waals surface area (Å²) in [6, 6.07) is 5.74. The van der Waals surface area contributed by atoms with Crippen LogP contribution in [0.4, 0.5) is 0 Å². The molecule has 7 heteroatoms. The Balaban J connectivity index is 1.64. The van der Waals surface area contributed by atoms with Crippen molar-refractivity contribution in [2.75, 3.05) is 26.3 Å². The van der Waals surface area contributed by atoms with Crippen molar-refractivity contribution in [1.29, 1.82) is 0 Å². The van der Waals surface area contributed by atoms with Crippen LogP contribution in [-0.2, 0) is 20.9 Å². The van der Waals surface area contributed by atoms with Gasteiger partial charge < -0.3 is 14.4 Å². The number of rotatable bonds is 11. The van der Waals surface area contributed by atoms with Crippen molar-refractivity contribution in [3.63, 3.8) is 0 Å². The average Bonchev–Trinajstić information content (AvgIpc) is 3.04. The van der Waals surface area contributed by atoms with E-state index in [2.05, 4.69) is 0 Å². The van der Waals surface area contributed by atoms with Gasteiger partial charge in [0.2, 0.25) is 17.7 Å². The fourth-order valence-corrected chi connectivity index (χ4v) is 4.79. The predicted molar refractivity (Wildman–Crippen MR) is 121 cm³/mol. The number of benzene rings is 1. The first kappa shape index (κ1) is 24.1. The van der Waals surface area contributed by atoms with Crippen molar-refractivity contribution in [3.8, 4) is 11.5 Å². The summed E-state index contributed by atoms with van der Waals surface area (Å²) in [6.07, 6.45) is 4.58. The van der Waals surface area contributed by atoms with Gasteiger partial charge in [0.05, 0.1) is 25.0 Å². The van der Waals surface area contributed by atoms with E-state index in [4.69, 9.17) is 9.47 Å². The normalized spacial score (nSPS) is 20.3. The molecule has 2 atom stereocenters. The van der Waals surface area contributed by atoms with E-state index < -0.39 is 0 Å². The van der Waals surface area contributed by atoms with E-state index in [1.807, 2.05) is 39.0 Å². The molecule has 1 aliphatic heterocycles. The number of nitrogens with zero attached hydrogens (tertiary/aromatic N) is 2. The molecule has 1 heterocycles. The van der Waals surface area contributed by atoms with Gasteiger partial charge >= 0.3 is 0 Å². The average molecular weight is 445 g/mol. The van der Waals surface area contributed by atoms with Crippen LogP contribution in [0.15, 0.2) is 18.2 Å². The molecule has 2 fully saturated rings. The largest absolute Gasteiger partial charge is 0.490 e. The number of hydrogen-bond acceptors (Lipinski definition) is 5. The molecule has 3 amide bonds. The van der Waals surface area contributed by atoms with E-state index in [1.54, 1.807) is 4.90 Å². The molecule has 0 N–H and O–H groups in total. The minimum atomic E-state index is -0.168. The highest BCUT2D eigenvalue weighted by Crippen LogP contribution is 2.38. The smallest absolute Gasteiger partial charge is 0.233 e. The monoisotopic (exact) mass is 444 g/mol. The molecule has 32 heavy (non-hydrogen) atoms. The van der Waals surface area contributed by atoms with Crippen LogP contribution in [0.3, 0.4) is 0 Å². The van der Waals surface area contributed by atoms with Gasteiger partial charge in [-0.1, -0.05) is 25.8 Å². The highest BCUT2D eigenvalue weighted by Gasteiger charge is 2.47. The maximum atomic E-state index is 13.0. The molecular formula is C25H36N2O5. The van der Waals surface area contributed by atoms with Crippen LogP contribution in [0, 0.1) is 11.8 Å². The lowest BCUT2D eigenvalue weighted by atomic mass is 9.81. The topological polar surface area (TPSA) is 76.2 Å². The fraction of sp³-hybridized carbons (Fsp3) is 0.640. The standard InChI is InChI=1S/C25H36N2O5/c1-4-14-26(17-18-11-12-21(31-5-2)22(16-18)32-6-3)23(28)13-15-27-24(29)19-9-7-8-10-20(19)25(27)30/h11-12,16,19-20H,4-10,13-15,17H2,1-3H3/t19-,20-/m1/s1. The van der Waals surface area contributed by atoms with Crippen molar-refractivity contribution in [2.24, 2.45) is 11.8 Å². The molecule has 176 valence electrons. The van der Waals surface area contributed by atoms with Crippen molar-refractivity contribution >= 4 is 17.7 Å². The molecule has 1 saturated heterocycles. The fourth-order valence-electron chi connectivity index (χ4n) is 4.79. The number of carbonyl (C=O) groups is 3. The Hall–Kier alpha value is -2.57. The van der Waals surface area contributed by atoms with E-state index in [1.165, 1.54) is 4.90 Å². The van der Waals surface area contributed by atoms with Crippen molar-refractivity contribution in [3.05, 3.63) is 23.8 Å². The first-order chi connectivity index (χ1) is 15.5. The molecule has 2 aliphatic rings. The molecular weight excluding hydrogens is 408 g/mol. The summed E-state index contributed by atoms with van der Waals surface area (Å²) < 4.78 is 11.3. The summed E-state index contributed by atoms with van der Waals surface area (Å²) in [7, 11) is 0. The molecule has 0 aromatic heterocycles. The van der Waals surface area contributed by atoms with Gasteiger partial charge in [0.15, 0.2) is 11.5 Å². The summed E-state index contributed by atoms with van der Waals surface area (Å²) in [5.41, 5.74) is 0.957. The third-order valence-electron chi connectivity index (χ3n) is 6.31. The van der Waals surface area contributed by atoms with E-state index in [0.29, 0.717) is 37.8 Å². The van der Waals surface area contributed by atoms with Gasteiger partial charge in [0.25, 0.3) is 0 Å². The molecule has 1 aromatic carbocycles. The molecule has 7 nitrogen and oxygen atoms in total. The van der Waals surface area contributed by atoms with Gasteiger partial charge in [-0.3, -0.25) is 19.3 Å². The molecule has 0 radical (unpaired) electrons. The minimum absolute atomic E-state index is 0.0471. The Morgan fingerprint density at radius 2 is 1.62 bits per heavy atom. The number of hydrogen-bond donors (Lipinski definition) is 0. The predicted octanol–water partition coefficient (Wildman–Crippen LogP) is 3.79. The second-order valence-corrected chi connectivity index (χ2v) is 8.54. The van der Waals surface area contributed by atoms with Crippen LogP contribution in [-0.4, -0.2) is 53.8 Å². The zero-order valence-electron chi connectivity index (χ0n) is 19.6. The number of likely N-dealkylation sites (tertiary alicyclic amines) is 1. The van der Waals surface area contributed by atoms with E-state index in [9.17, 15) is 14.4 Å². The lowest BCUT2D eigenvalue weighted by Crippen LogP contribution is -2.37. The molecule has 0 bridgehead atoms. The highest BCUT2D eigenvalue weighted by molar-refractivity contribution is 6.05. The van der Waals surface area contributed by atoms with Crippen LogP contribution in [0.25, 0.3) is 0 Å². The van der Waals surface area contributed by atoms with E-state index in [0.717, 1.165) is 37.7 Å². The van der Waals surface area contributed by atoms with Crippen LogP contribution in [0.2, 0.25) is 0 Å². The second kappa shape index (κ2) is 11.3. The quantitative estimate of drug-likeness (QED) is 0.486. The van der Waals surface area contributed by atoms with Gasteiger partial charge in [-0.2, -0.15) is 0 Å². The second-order valence-electron chi connectivity index (χ2n) is 8.54. The van der Waals surface area contributed by atoms with Crippen LogP contribution >= 0.6 is 0 Å². The number of carbonyl (C=O) groups excluding carboxylic acids is 3. The number of amides is 3. The zero-order chi connectivity index (χ0) is 23.1. The van der Waals surface area contributed by atoms with Gasteiger partial charge in [0.1, 0.15) is 0 Å². The van der Waals surface area contributed by atoms with Gasteiger partial charge in [-0.05, 0) is 50.8 Å². The Kier molecular flexibility index (Phi) is 8.53. The van der Waals surface area contributed by atoms with Crippen LogP contribution in [0.1, 0.15) is 64.9 Å². The lowest BCUT2D eigenvalue weighted by molar-refractivity contribution is -0.141. The van der Waals surface area contributed by atoms with Crippen molar-refractivity contribution < 1.29 is 23.9 Å². The maximum Gasteiger partial charge on any atom is 0.233 e. The summed E-state index contributed by atoms with van der Waals surface area (Å²) >= 11 is 0. The lowest BCUT2D eigenvalue weighted by Gasteiger charge is -2.24. The SMILES string of the molecule is CCCN(Cc1ccc(OCC)c(OCC)c1)C(=O)CCN1C(=O)[C@@H]2CCCC[C@H]2C1=O. The summed E-state index contributed by atoms with van der Waals surface area (Å²) in [4.78, 5) is 41.5. The van der Waals surface area contributed by atoms with Gasteiger partial charge in [-0.25, -0.2) is 0 Å². The third-order valence-corrected chi connectivity index (χ3v) is 6.31. The number of fused-ring (bicyclic) bond motifs is 1. The molecule has 3 rings (SSSR count). The van der Waals surface area contributed by atoms with Crippen LogP contribution in [0.5, 0.6) is 11.5 Å². The molecule has 1 aliphatic carbocycles. The van der Waals surface area contributed by atoms with Crippen LogP contribution < -0.4 is 9.47 Å². The Morgan fingerprint density at radius 1 is 1.00 bits per heavy atom. The Morgan fingerprint density at radius 3 is 2.22 bits per heavy atom. The van der Waals surface area contributed by atoms with E-state index >= 15 is 0 Å². The minimum Gasteiger partial charge on any atom is -0.490 e. The van der Waals surface area contributed by atoms with Gasteiger partial charge in [-0.15, -0.1) is 0 Å². The Labute approximate surface area is 191 Å². The number of ether oxygens (including phenoxy) is 2. The molecule has 0 unspecified atom stereocenters. The molecule has 1 saturated carbocycles. The van der Waals surface area contributed by atoms with Gasteiger partial charge in [0, 0.05) is 26.1 Å².